The molecule has 0 spiro atoms. The number of hydrogen-bond acceptors (Lipinski definition) is 4. The molecule has 10 heteroatoms. The zero-order valence-electron chi connectivity index (χ0n) is 14.6. The molecule has 28 heavy (non-hydrogen) atoms. The largest absolute Gasteiger partial charge is 0.406 e. The molecule has 2 aromatic carbocycles. The number of hydrogen-bond donors (Lipinski definition) is 0. The maximum absolute atomic E-state index is 13.0. The van der Waals surface area contributed by atoms with Crippen molar-refractivity contribution < 1.29 is 22.9 Å². The number of rotatable bonds is 7. The topological polar surface area (TPSA) is 63.5 Å². The molecule has 2 aromatic rings. The number of carbonyl (C=O) groups is 1. The third kappa shape index (κ3) is 6.42. The van der Waals surface area contributed by atoms with Gasteiger partial charge in [0.05, 0.1) is 16.7 Å². The number of thioether (sulfide) groups is 1. The van der Waals surface area contributed by atoms with Crippen LogP contribution in [-0.2, 0) is 11.3 Å². The van der Waals surface area contributed by atoms with Gasteiger partial charge in [0.1, 0.15) is 6.54 Å². The van der Waals surface area contributed by atoms with Crippen LogP contribution in [0.4, 0.5) is 18.9 Å². The van der Waals surface area contributed by atoms with E-state index in [1.165, 1.54) is 31.2 Å². The lowest BCUT2D eigenvalue weighted by atomic mass is 10.1. The number of amides is 1. The van der Waals surface area contributed by atoms with Crippen LogP contribution < -0.4 is 0 Å². The van der Waals surface area contributed by atoms with Crippen LogP contribution in [0.3, 0.4) is 0 Å². The fourth-order valence-electron chi connectivity index (χ4n) is 2.48. The molecule has 0 heterocycles. The fraction of sp³-hybridized carbons (Fsp3) is 0.278. The third-order valence-corrected chi connectivity index (χ3v) is 5.06. The summed E-state index contributed by atoms with van der Waals surface area (Å²) >= 11 is 6.88. The number of alkyl halides is 3. The van der Waals surface area contributed by atoms with Crippen LogP contribution in [0.15, 0.2) is 53.4 Å². The molecule has 0 saturated heterocycles. The highest BCUT2D eigenvalue weighted by Gasteiger charge is 2.35. The van der Waals surface area contributed by atoms with Gasteiger partial charge in [0.25, 0.3) is 5.69 Å². The molecule has 1 unspecified atom stereocenters. The van der Waals surface area contributed by atoms with Gasteiger partial charge in [0.2, 0.25) is 5.91 Å². The molecule has 0 fully saturated rings. The first kappa shape index (κ1) is 22.0. The van der Waals surface area contributed by atoms with Gasteiger partial charge in [0, 0.05) is 21.5 Å². The van der Waals surface area contributed by atoms with Crippen molar-refractivity contribution in [3.8, 4) is 0 Å². The van der Waals surface area contributed by atoms with Gasteiger partial charge in [-0.15, -0.1) is 11.8 Å². The van der Waals surface area contributed by atoms with E-state index in [0.717, 1.165) is 11.8 Å². The molecule has 2 rings (SSSR count). The Morgan fingerprint density at radius 2 is 1.82 bits per heavy atom. The van der Waals surface area contributed by atoms with E-state index >= 15 is 0 Å². The van der Waals surface area contributed by atoms with E-state index in [2.05, 4.69) is 0 Å². The number of nitro benzene ring substituents is 1. The van der Waals surface area contributed by atoms with Gasteiger partial charge < -0.3 is 4.90 Å². The van der Waals surface area contributed by atoms with Crippen molar-refractivity contribution in [1.29, 1.82) is 0 Å². The predicted octanol–water partition coefficient (Wildman–Crippen LogP) is 5.32. The minimum absolute atomic E-state index is 0.0359. The molecular formula is C18H16ClF3N2O3S. The van der Waals surface area contributed by atoms with E-state index < -0.39 is 35.3 Å². The van der Waals surface area contributed by atoms with E-state index in [-0.39, 0.29) is 11.3 Å². The number of halogens is 4. The molecule has 1 amide bonds. The van der Waals surface area contributed by atoms with Gasteiger partial charge in [-0.3, -0.25) is 14.9 Å². The molecule has 0 aliphatic rings. The smallest absolute Gasteiger partial charge is 0.328 e. The van der Waals surface area contributed by atoms with Crippen LogP contribution in [0.2, 0.25) is 5.02 Å². The summed E-state index contributed by atoms with van der Waals surface area (Å²) in [6.07, 6.45) is -4.64. The second kappa shape index (κ2) is 9.29. The van der Waals surface area contributed by atoms with Crippen molar-refractivity contribution in [1.82, 2.24) is 4.90 Å². The van der Waals surface area contributed by atoms with E-state index in [0.29, 0.717) is 14.8 Å². The second-order valence-corrected chi connectivity index (χ2v) is 7.76. The predicted molar refractivity (Wildman–Crippen MR) is 101 cm³/mol. The normalized spacial score (nSPS) is 12.5. The van der Waals surface area contributed by atoms with Crippen molar-refractivity contribution in [2.75, 3.05) is 6.54 Å². The first-order valence-corrected chi connectivity index (χ1v) is 9.32. The van der Waals surface area contributed by atoms with Crippen molar-refractivity contribution >= 4 is 35.0 Å². The highest BCUT2D eigenvalue weighted by atomic mass is 35.5. The van der Waals surface area contributed by atoms with Crippen LogP contribution in [0.25, 0.3) is 0 Å². The number of benzene rings is 2. The van der Waals surface area contributed by atoms with Crippen molar-refractivity contribution in [3.63, 3.8) is 0 Å². The van der Waals surface area contributed by atoms with Crippen LogP contribution in [0.5, 0.6) is 0 Å². The molecule has 0 N–H and O–H groups in total. The highest BCUT2D eigenvalue weighted by molar-refractivity contribution is 8.00. The summed E-state index contributed by atoms with van der Waals surface area (Å²) in [5.74, 6) is -0.768. The Bertz CT molecular complexity index is 847. The van der Waals surface area contributed by atoms with Crippen molar-refractivity contribution in [2.45, 2.75) is 29.8 Å². The molecular weight excluding hydrogens is 417 g/mol. The van der Waals surface area contributed by atoms with Crippen molar-refractivity contribution in [3.05, 3.63) is 69.2 Å². The Labute approximate surface area is 168 Å². The molecule has 0 radical (unpaired) electrons. The number of nitrogens with zero attached hydrogens (tertiary/aromatic N) is 2. The number of para-hydroxylation sites is 1. The third-order valence-electron chi connectivity index (χ3n) is 3.71. The summed E-state index contributed by atoms with van der Waals surface area (Å²) in [6, 6.07) is 12.0. The van der Waals surface area contributed by atoms with Gasteiger partial charge in [-0.05, 0) is 31.2 Å². The quantitative estimate of drug-likeness (QED) is 0.337. The van der Waals surface area contributed by atoms with Gasteiger partial charge in [-0.1, -0.05) is 29.8 Å². The lowest BCUT2D eigenvalue weighted by molar-refractivity contribution is -0.385. The Hall–Kier alpha value is -2.26. The van der Waals surface area contributed by atoms with Gasteiger partial charge in [0.15, 0.2) is 0 Å². The standard InChI is InChI=1S/C18H16ClF3N2O3S/c1-12(28-15-8-6-14(19)7-9-15)17(25)23(11-18(20,21)22)10-13-4-2-3-5-16(13)24(26)27/h2-9,12H,10-11H2,1H3. The molecule has 0 aliphatic heterocycles. The molecule has 0 saturated carbocycles. The summed E-state index contributed by atoms with van der Waals surface area (Å²) in [5, 5.41) is 10.8. The van der Waals surface area contributed by atoms with Crippen LogP contribution in [0.1, 0.15) is 12.5 Å². The van der Waals surface area contributed by atoms with Gasteiger partial charge >= 0.3 is 6.18 Å². The van der Waals surface area contributed by atoms with Crippen LogP contribution in [-0.4, -0.2) is 33.7 Å². The molecule has 0 aromatic heterocycles. The maximum atomic E-state index is 13.0. The molecule has 1 atom stereocenters. The molecule has 0 bridgehead atoms. The summed E-state index contributed by atoms with van der Waals surface area (Å²) in [7, 11) is 0. The Morgan fingerprint density at radius 3 is 2.39 bits per heavy atom. The average Bonchev–Trinajstić information content (AvgIpc) is 2.61. The molecule has 0 aliphatic carbocycles. The Kier molecular flexibility index (Phi) is 7.31. The minimum Gasteiger partial charge on any atom is -0.328 e. The highest BCUT2D eigenvalue weighted by Crippen LogP contribution is 2.29. The van der Waals surface area contributed by atoms with Gasteiger partial charge in [-0.25, -0.2) is 0 Å². The van der Waals surface area contributed by atoms with E-state index in [1.54, 1.807) is 24.3 Å². The van der Waals surface area contributed by atoms with Gasteiger partial charge in [-0.2, -0.15) is 13.2 Å². The van der Waals surface area contributed by atoms with Crippen LogP contribution >= 0.6 is 23.4 Å². The average molecular weight is 433 g/mol. The van der Waals surface area contributed by atoms with Crippen LogP contribution in [0, 0.1) is 10.1 Å². The number of carbonyl (C=O) groups excluding carboxylic acids is 1. The monoisotopic (exact) mass is 432 g/mol. The molecule has 150 valence electrons. The second-order valence-electron chi connectivity index (χ2n) is 5.91. The molecule has 5 nitrogen and oxygen atoms in total. The summed E-state index contributed by atoms with van der Waals surface area (Å²) in [5.41, 5.74) is -0.297. The SMILES string of the molecule is CC(Sc1ccc(Cl)cc1)C(=O)N(Cc1ccccc1[N+](=O)[O-])CC(F)(F)F. The lowest BCUT2D eigenvalue weighted by Gasteiger charge is -2.26. The zero-order chi connectivity index (χ0) is 20.9. The summed E-state index contributed by atoms with van der Waals surface area (Å²) in [4.78, 5) is 24.4. The zero-order valence-corrected chi connectivity index (χ0v) is 16.2. The Morgan fingerprint density at radius 1 is 1.21 bits per heavy atom. The fourth-order valence-corrected chi connectivity index (χ4v) is 3.56. The number of nitro groups is 1. The van der Waals surface area contributed by atoms with E-state index in [1.807, 2.05) is 0 Å². The summed E-state index contributed by atoms with van der Waals surface area (Å²) in [6.45, 7) is -0.519. The van der Waals surface area contributed by atoms with E-state index in [9.17, 15) is 28.1 Å². The summed E-state index contributed by atoms with van der Waals surface area (Å²) < 4.78 is 39.0. The lowest BCUT2D eigenvalue weighted by Crippen LogP contribution is -2.42. The Balaban J connectivity index is 2.23. The van der Waals surface area contributed by atoms with Crippen molar-refractivity contribution in [2.24, 2.45) is 0 Å². The van der Waals surface area contributed by atoms with E-state index in [4.69, 9.17) is 11.6 Å². The first-order chi connectivity index (χ1) is 13.1. The maximum Gasteiger partial charge on any atom is 0.406 e. The first-order valence-electron chi connectivity index (χ1n) is 8.07. The minimum atomic E-state index is -4.64.